The van der Waals surface area contributed by atoms with E-state index in [0.717, 1.165) is 13.1 Å². The highest BCUT2D eigenvalue weighted by Gasteiger charge is 2.12. The lowest BCUT2D eigenvalue weighted by Gasteiger charge is -2.17. The Kier molecular flexibility index (Phi) is 4.29. The summed E-state index contributed by atoms with van der Waals surface area (Å²) in [6.45, 7) is 2.44. The van der Waals surface area contributed by atoms with Gasteiger partial charge in [-0.3, -0.25) is 9.88 Å². The number of nitrogens with zero attached hydrogens (tertiary/aromatic N) is 2. The number of thiophene rings is 1. The maximum Gasteiger partial charge on any atom is 0.0349 e. The van der Waals surface area contributed by atoms with Gasteiger partial charge in [-0.1, -0.05) is 18.2 Å². The van der Waals surface area contributed by atoms with Crippen molar-refractivity contribution in [3.8, 4) is 0 Å². The Labute approximate surface area is 129 Å². The molecule has 2 aromatic heterocycles. The first-order chi connectivity index (χ1) is 10.3. The number of fused-ring (bicyclic) bond motifs is 1. The number of rotatable bonds is 5. The van der Waals surface area contributed by atoms with E-state index in [1.165, 1.54) is 26.1 Å². The summed E-state index contributed by atoms with van der Waals surface area (Å²) in [5, 5.41) is 1.34. The van der Waals surface area contributed by atoms with Crippen molar-refractivity contribution in [1.29, 1.82) is 0 Å². The van der Waals surface area contributed by atoms with Gasteiger partial charge in [-0.25, -0.2) is 0 Å². The van der Waals surface area contributed by atoms with Crippen LogP contribution in [0.5, 0.6) is 0 Å². The van der Waals surface area contributed by atoms with Gasteiger partial charge in [0, 0.05) is 41.6 Å². The van der Waals surface area contributed by atoms with Crippen molar-refractivity contribution in [1.82, 2.24) is 9.88 Å². The van der Waals surface area contributed by atoms with Gasteiger partial charge in [-0.05, 0) is 41.8 Å². The normalized spacial score (nSPS) is 11.4. The molecule has 3 rings (SSSR count). The monoisotopic (exact) mass is 297 g/mol. The molecule has 2 heterocycles. The van der Waals surface area contributed by atoms with Gasteiger partial charge in [0.15, 0.2) is 0 Å². The molecule has 0 saturated carbocycles. The summed E-state index contributed by atoms with van der Waals surface area (Å²) >= 11 is 1.81. The molecule has 3 nitrogen and oxygen atoms in total. The van der Waals surface area contributed by atoms with Crippen LogP contribution in [0.2, 0.25) is 0 Å². The highest BCUT2D eigenvalue weighted by molar-refractivity contribution is 7.19. The van der Waals surface area contributed by atoms with Gasteiger partial charge < -0.3 is 5.73 Å². The zero-order valence-corrected chi connectivity index (χ0v) is 12.9. The van der Waals surface area contributed by atoms with E-state index in [0.29, 0.717) is 6.54 Å². The van der Waals surface area contributed by atoms with Gasteiger partial charge in [0.05, 0.1) is 0 Å². The lowest BCUT2D eigenvalue weighted by atomic mass is 10.1. The Morgan fingerprint density at radius 2 is 1.86 bits per heavy atom. The van der Waals surface area contributed by atoms with Crippen LogP contribution in [-0.4, -0.2) is 16.9 Å². The van der Waals surface area contributed by atoms with Crippen LogP contribution >= 0.6 is 11.3 Å². The first-order valence-corrected chi connectivity index (χ1v) is 7.86. The van der Waals surface area contributed by atoms with Crippen LogP contribution in [-0.2, 0) is 19.6 Å². The fourth-order valence-corrected chi connectivity index (χ4v) is 3.71. The minimum atomic E-state index is 0.609. The molecule has 0 spiro atoms. The minimum Gasteiger partial charge on any atom is -0.326 e. The molecule has 0 radical (unpaired) electrons. The van der Waals surface area contributed by atoms with Crippen LogP contribution in [0, 0.1) is 0 Å². The molecule has 0 aliphatic rings. The number of benzene rings is 1. The predicted molar refractivity (Wildman–Crippen MR) is 89.1 cm³/mol. The molecule has 0 aliphatic carbocycles. The van der Waals surface area contributed by atoms with Gasteiger partial charge in [0.25, 0.3) is 0 Å². The van der Waals surface area contributed by atoms with Crippen molar-refractivity contribution >= 4 is 21.4 Å². The Bertz CT molecular complexity index is 721. The maximum atomic E-state index is 5.93. The second-order valence-corrected chi connectivity index (χ2v) is 6.37. The predicted octanol–water partition coefficient (Wildman–Crippen LogP) is 3.39. The Morgan fingerprint density at radius 3 is 2.62 bits per heavy atom. The summed E-state index contributed by atoms with van der Waals surface area (Å²) in [5.41, 5.74) is 8.58. The summed E-state index contributed by atoms with van der Waals surface area (Å²) < 4.78 is 1.32. The van der Waals surface area contributed by atoms with Gasteiger partial charge in [0.1, 0.15) is 0 Å². The molecular weight excluding hydrogens is 278 g/mol. The lowest BCUT2D eigenvalue weighted by molar-refractivity contribution is 0.319. The van der Waals surface area contributed by atoms with Crippen LogP contribution in [0.15, 0.2) is 48.8 Å². The molecule has 0 atom stereocenters. The molecule has 21 heavy (non-hydrogen) atoms. The molecule has 0 amide bonds. The van der Waals surface area contributed by atoms with E-state index in [2.05, 4.69) is 53.3 Å². The maximum absolute atomic E-state index is 5.93. The topological polar surface area (TPSA) is 42.2 Å². The molecule has 0 saturated heterocycles. The Balaban J connectivity index is 1.84. The highest BCUT2D eigenvalue weighted by Crippen LogP contribution is 2.31. The van der Waals surface area contributed by atoms with Crippen LogP contribution in [0.1, 0.15) is 16.0 Å². The fourth-order valence-electron chi connectivity index (χ4n) is 2.61. The van der Waals surface area contributed by atoms with Crippen molar-refractivity contribution in [2.75, 3.05) is 7.05 Å². The molecule has 2 N–H and O–H groups in total. The molecular formula is C17H19N3S. The Morgan fingerprint density at radius 1 is 1.10 bits per heavy atom. The fraction of sp³-hybridized carbons (Fsp3) is 0.235. The van der Waals surface area contributed by atoms with Crippen molar-refractivity contribution in [3.63, 3.8) is 0 Å². The van der Waals surface area contributed by atoms with E-state index in [1.807, 2.05) is 23.7 Å². The number of aromatic nitrogens is 1. The average molecular weight is 297 g/mol. The lowest BCUT2D eigenvalue weighted by Crippen LogP contribution is -2.18. The van der Waals surface area contributed by atoms with Crippen LogP contribution in [0.25, 0.3) is 10.1 Å². The number of pyridine rings is 1. The minimum absolute atomic E-state index is 0.609. The molecule has 1 aromatic carbocycles. The molecule has 0 aliphatic heterocycles. The van der Waals surface area contributed by atoms with E-state index < -0.39 is 0 Å². The molecule has 3 aromatic rings. The van der Waals surface area contributed by atoms with Crippen LogP contribution in [0.4, 0.5) is 0 Å². The second kappa shape index (κ2) is 6.35. The first-order valence-electron chi connectivity index (χ1n) is 7.04. The molecule has 0 bridgehead atoms. The third kappa shape index (κ3) is 3.13. The number of hydrogen-bond acceptors (Lipinski definition) is 4. The first kappa shape index (κ1) is 14.2. The summed E-state index contributed by atoms with van der Waals surface area (Å²) in [6.07, 6.45) is 3.68. The van der Waals surface area contributed by atoms with E-state index >= 15 is 0 Å². The summed E-state index contributed by atoms with van der Waals surface area (Å²) in [6, 6.07) is 12.7. The number of nitrogens with two attached hydrogens (primary N) is 1. The zero-order valence-electron chi connectivity index (χ0n) is 12.1. The van der Waals surface area contributed by atoms with Gasteiger partial charge >= 0.3 is 0 Å². The molecule has 0 unspecified atom stereocenters. The third-order valence-electron chi connectivity index (χ3n) is 3.60. The van der Waals surface area contributed by atoms with Crippen LogP contribution < -0.4 is 5.73 Å². The SMILES string of the molecule is CN(Cc1ccncc1)Cc1c(CN)sc2ccccc12. The van der Waals surface area contributed by atoms with Gasteiger partial charge in [-0.2, -0.15) is 0 Å². The van der Waals surface area contributed by atoms with E-state index in [1.54, 1.807) is 0 Å². The average Bonchev–Trinajstić information content (AvgIpc) is 2.86. The van der Waals surface area contributed by atoms with Crippen molar-refractivity contribution in [2.45, 2.75) is 19.6 Å². The van der Waals surface area contributed by atoms with Crippen LogP contribution in [0.3, 0.4) is 0 Å². The van der Waals surface area contributed by atoms with E-state index in [4.69, 9.17) is 5.73 Å². The van der Waals surface area contributed by atoms with Crippen molar-refractivity contribution in [3.05, 3.63) is 64.8 Å². The van der Waals surface area contributed by atoms with E-state index in [9.17, 15) is 0 Å². The highest BCUT2D eigenvalue weighted by atomic mass is 32.1. The molecule has 4 heteroatoms. The molecule has 108 valence electrons. The number of hydrogen-bond donors (Lipinski definition) is 1. The van der Waals surface area contributed by atoms with Crippen molar-refractivity contribution in [2.24, 2.45) is 5.73 Å². The molecule has 0 fully saturated rings. The van der Waals surface area contributed by atoms with E-state index in [-0.39, 0.29) is 0 Å². The largest absolute Gasteiger partial charge is 0.326 e. The standard InChI is InChI=1S/C17H19N3S/c1-20(11-13-6-8-19-9-7-13)12-15-14-4-2-3-5-16(14)21-17(15)10-18/h2-9H,10-12,18H2,1H3. The zero-order chi connectivity index (χ0) is 14.7. The third-order valence-corrected chi connectivity index (χ3v) is 4.83. The summed E-state index contributed by atoms with van der Waals surface area (Å²) in [5.74, 6) is 0. The van der Waals surface area contributed by atoms with Gasteiger partial charge in [0.2, 0.25) is 0 Å². The quantitative estimate of drug-likeness (QED) is 0.785. The summed E-state index contributed by atoms with van der Waals surface area (Å²) in [7, 11) is 2.15. The van der Waals surface area contributed by atoms with Crippen molar-refractivity contribution < 1.29 is 0 Å². The smallest absolute Gasteiger partial charge is 0.0349 e. The summed E-state index contributed by atoms with van der Waals surface area (Å²) in [4.78, 5) is 7.68. The van der Waals surface area contributed by atoms with Gasteiger partial charge in [-0.15, -0.1) is 11.3 Å². The Hall–Kier alpha value is -1.75. The second-order valence-electron chi connectivity index (χ2n) is 5.23.